The van der Waals surface area contributed by atoms with Crippen molar-refractivity contribution in [1.82, 2.24) is 0 Å². The van der Waals surface area contributed by atoms with Crippen molar-refractivity contribution in [2.75, 3.05) is 0 Å². The zero-order valence-corrected chi connectivity index (χ0v) is 35.4. The molecule has 6 aromatic carbocycles. The minimum absolute atomic E-state index is 0. The van der Waals surface area contributed by atoms with E-state index in [4.69, 9.17) is 0 Å². The zero-order chi connectivity index (χ0) is 36.4. The van der Waals surface area contributed by atoms with Gasteiger partial charge in [0.15, 0.2) is 0 Å². The van der Waals surface area contributed by atoms with Crippen molar-refractivity contribution >= 4 is 47.7 Å². The van der Waals surface area contributed by atoms with Crippen molar-refractivity contribution in [1.29, 1.82) is 0 Å². The smallest absolute Gasteiger partial charge is 0 e. The fourth-order valence-electron chi connectivity index (χ4n) is 7.11. The van der Waals surface area contributed by atoms with E-state index in [2.05, 4.69) is 143 Å². The van der Waals surface area contributed by atoms with Crippen LogP contribution in [0.3, 0.4) is 0 Å². The first-order valence-corrected chi connectivity index (χ1v) is 22.7. The molecule has 53 heavy (non-hydrogen) atoms. The van der Waals surface area contributed by atoms with E-state index in [1.165, 1.54) is 73.6 Å². The minimum atomic E-state index is -0.743. The van der Waals surface area contributed by atoms with E-state index in [1.54, 1.807) is 31.8 Å². The molecule has 0 saturated carbocycles. The van der Waals surface area contributed by atoms with Crippen molar-refractivity contribution in [2.24, 2.45) is 0 Å². The molecule has 0 unspecified atom stereocenters. The molecule has 3 heteroatoms. The van der Waals surface area contributed by atoms with Gasteiger partial charge in [0.25, 0.3) is 0 Å². The third-order valence-corrected chi connectivity index (χ3v) is 15.5. The number of unbranched alkanes of at least 4 members (excludes halogenated alkanes) is 4. The van der Waals surface area contributed by atoms with Gasteiger partial charge in [0.05, 0.1) is 0 Å². The maximum absolute atomic E-state index is 2.51. The van der Waals surface area contributed by atoms with Gasteiger partial charge < -0.3 is 30.3 Å². The second-order valence-corrected chi connectivity index (χ2v) is 18.1. The van der Waals surface area contributed by atoms with Crippen LogP contribution in [0.5, 0.6) is 0 Å². The SMILES string of the molecule is CCCCc1ccccc1P(c1ccccc1CCCC)c1ccc[c-]1P(c1ccccc1CCCC)c1ccccc1CCCC.[Co].[cH-]1[cH-][cH-][cH-][cH-]1. The van der Waals surface area contributed by atoms with Crippen LogP contribution in [-0.2, 0) is 42.5 Å². The van der Waals surface area contributed by atoms with Crippen LogP contribution in [0.1, 0.15) is 101 Å². The summed E-state index contributed by atoms with van der Waals surface area (Å²) in [7, 11) is -1.49. The summed E-state index contributed by atoms with van der Waals surface area (Å²) in [5.74, 6) is 0. The normalized spacial score (nSPS) is 11.0. The molecule has 0 aliphatic rings. The third-order valence-electron chi connectivity index (χ3n) is 9.94. The van der Waals surface area contributed by atoms with Gasteiger partial charge in [-0.2, -0.15) is 6.07 Å². The average Bonchev–Trinajstić information content (AvgIpc) is 3.94. The maximum Gasteiger partial charge on any atom is 0 e. The van der Waals surface area contributed by atoms with E-state index < -0.39 is 15.8 Å². The predicted octanol–water partition coefficient (Wildman–Crippen LogP) is 11.7. The van der Waals surface area contributed by atoms with E-state index in [9.17, 15) is 0 Å². The van der Waals surface area contributed by atoms with Crippen LogP contribution in [0, 0.1) is 0 Å². The van der Waals surface area contributed by atoms with Crippen molar-refractivity contribution in [3.05, 3.63) is 168 Å². The van der Waals surface area contributed by atoms with Crippen LogP contribution in [0.25, 0.3) is 0 Å². The summed E-state index contributed by atoms with van der Waals surface area (Å²) in [4.78, 5) is 0. The number of hydrogen-bond acceptors (Lipinski definition) is 0. The monoisotopic (exact) mass is 781 g/mol. The molecule has 6 aromatic rings. The molecule has 0 N–H and O–H groups in total. The van der Waals surface area contributed by atoms with E-state index in [0.29, 0.717) is 0 Å². The Bertz CT molecular complexity index is 1620. The van der Waals surface area contributed by atoms with Gasteiger partial charge in [0.2, 0.25) is 0 Å². The number of rotatable bonds is 18. The van der Waals surface area contributed by atoms with E-state index in [1.807, 2.05) is 30.3 Å². The van der Waals surface area contributed by atoms with Crippen LogP contribution >= 0.6 is 15.8 Å². The first kappa shape index (κ1) is 42.7. The van der Waals surface area contributed by atoms with E-state index >= 15 is 0 Å². The summed E-state index contributed by atoms with van der Waals surface area (Å²) in [5.41, 5.74) is 6.14. The summed E-state index contributed by atoms with van der Waals surface area (Å²) in [6.45, 7) is 9.28. The minimum Gasteiger partial charge on any atom is -0.748 e. The molecule has 0 fully saturated rings. The van der Waals surface area contributed by atoms with Crippen LogP contribution < -0.4 is 31.8 Å². The molecular formula is C50H60CoP2-6. The van der Waals surface area contributed by atoms with Gasteiger partial charge in [-0.05, 0) is 103 Å². The fourth-order valence-corrected chi connectivity index (χ4v) is 13.2. The first-order chi connectivity index (χ1) is 25.7. The quantitative estimate of drug-likeness (QED) is 0.0602. The van der Waals surface area contributed by atoms with Gasteiger partial charge in [-0.3, -0.25) is 0 Å². The zero-order valence-electron chi connectivity index (χ0n) is 32.6. The fraction of sp³-hybridized carbons (Fsp3) is 0.320. The standard InChI is InChI=1S/C45H55P2.C5H5.Co/c1-5-9-22-36-26-13-17-30-40(36)46(41-31-18-14-27-37(41)23-10-6-2)44-34-21-35-45(44)47(42-32-19-15-28-38(42)24-11-7-3)43-33-20-16-29-39(43)25-12-8-4;1-2-4-5-3-1;/h13-21,26-35H,5-12,22-25H2,1-4H3;1-5H;/q-1;-5;. The van der Waals surface area contributed by atoms with Gasteiger partial charge >= 0.3 is 0 Å². The molecule has 0 amide bonds. The van der Waals surface area contributed by atoms with Gasteiger partial charge in [-0.15, -0.1) is 10.6 Å². The number of hydrogen-bond donors (Lipinski definition) is 0. The summed E-state index contributed by atoms with van der Waals surface area (Å²) in [5, 5.41) is 9.35. The number of aryl methyl sites for hydroxylation is 4. The summed E-state index contributed by atoms with van der Waals surface area (Å²) >= 11 is 0. The molecule has 0 spiro atoms. The molecule has 0 saturated heterocycles. The molecule has 6 rings (SSSR count). The Kier molecular flexibility index (Phi) is 19.1. The van der Waals surface area contributed by atoms with E-state index in [0.717, 1.165) is 25.7 Å². The summed E-state index contributed by atoms with van der Waals surface area (Å²) < 4.78 is 0. The molecule has 0 aliphatic heterocycles. The molecule has 0 aliphatic carbocycles. The van der Waals surface area contributed by atoms with Gasteiger partial charge in [-0.25, -0.2) is 12.1 Å². The molecule has 0 bridgehead atoms. The molecular weight excluding hydrogens is 721 g/mol. The Hall–Kier alpha value is -3.05. The molecule has 0 heterocycles. The second-order valence-electron chi connectivity index (χ2n) is 13.9. The molecule has 285 valence electrons. The van der Waals surface area contributed by atoms with Crippen molar-refractivity contribution < 1.29 is 16.8 Å². The Morgan fingerprint density at radius 1 is 0.415 bits per heavy atom. The Balaban J connectivity index is 0.000000964. The van der Waals surface area contributed by atoms with Crippen LogP contribution in [-0.4, -0.2) is 0 Å². The van der Waals surface area contributed by atoms with Gasteiger partial charge in [0.1, 0.15) is 0 Å². The molecule has 1 radical (unpaired) electrons. The topological polar surface area (TPSA) is 0 Å². The maximum atomic E-state index is 2.51. The van der Waals surface area contributed by atoms with Crippen molar-refractivity contribution in [2.45, 2.75) is 105 Å². The number of benzene rings is 4. The van der Waals surface area contributed by atoms with Gasteiger partial charge in [0, 0.05) is 16.8 Å². The molecule has 0 atom stereocenters. The van der Waals surface area contributed by atoms with Crippen LogP contribution in [0.15, 0.2) is 146 Å². The Labute approximate surface area is 335 Å². The van der Waals surface area contributed by atoms with E-state index in [-0.39, 0.29) is 16.8 Å². The Morgan fingerprint density at radius 3 is 1.09 bits per heavy atom. The van der Waals surface area contributed by atoms with Crippen molar-refractivity contribution in [3.8, 4) is 0 Å². The van der Waals surface area contributed by atoms with Gasteiger partial charge in [-0.1, -0.05) is 158 Å². The predicted molar refractivity (Wildman–Crippen MR) is 236 cm³/mol. The summed E-state index contributed by atoms with van der Waals surface area (Å²) in [6.07, 6.45) is 14.4. The molecule has 0 aromatic heterocycles. The second kappa shape index (κ2) is 23.7. The Morgan fingerprint density at radius 2 is 0.736 bits per heavy atom. The van der Waals surface area contributed by atoms with Crippen LogP contribution in [0.2, 0.25) is 0 Å². The molecule has 0 nitrogen and oxygen atoms in total. The third kappa shape index (κ3) is 11.7. The van der Waals surface area contributed by atoms with Crippen LogP contribution in [0.4, 0.5) is 0 Å². The summed E-state index contributed by atoms with van der Waals surface area (Å²) in [6, 6.07) is 55.1. The first-order valence-electron chi connectivity index (χ1n) is 20.1. The largest absolute Gasteiger partial charge is 0.748 e. The van der Waals surface area contributed by atoms with Crippen molar-refractivity contribution in [3.63, 3.8) is 0 Å². The average molecular weight is 782 g/mol.